The molecule has 4 fully saturated rings. The van der Waals surface area contributed by atoms with Gasteiger partial charge >= 0.3 is 0 Å². The molecule has 0 N–H and O–H groups in total. The van der Waals surface area contributed by atoms with E-state index in [9.17, 15) is 0 Å². The van der Waals surface area contributed by atoms with Gasteiger partial charge in [0.2, 0.25) is 0 Å². The summed E-state index contributed by atoms with van der Waals surface area (Å²) in [5.41, 5.74) is 3.20. The molecule has 4 bridgehead atoms. The highest BCUT2D eigenvalue weighted by molar-refractivity contribution is 5.84. The van der Waals surface area contributed by atoms with E-state index in [0.717, 1.165) is 23.7 Å². The molecule has 6 rings (SSSR count). The Morgan fingerprint density at radius 1 is 0.714 bits per heavy atom. The Morgan fingerprint density at radius 2 is 1.38 bits per heavy atom. The van der Waals surface area contributed by atoms with E-state index in [1.807, 2.05) is 0 Å². The highest BCUT2D eigenvalue weighted by Gasteiger charge is 2.44. The second kappa shape index (κ2) is 4.47. The van der Waals surface area contributed by atoms with Gasteiger partial charge in [-0.05, 0) is 78.2 Å². The summed E-state index contributed by atoms with van der Waals surface area (Å²) in [7, 11) is 0. The van der Waals surface area contributed by atoms with Crippen molar-refractivity contribution in [2.75, 3.05) is 0 Å². The van der Waals surface area contributed by atoms with Gasteiger partial charge in [0.15, 0.2) is 0 Å². The lowest BCUT2D eigenvalue weighted by Crippen LogP contribution is -2.40. The summed E-state index contributed by atoms with van der Waals surface area (Å²) < 4.78 is 0. The maximum Gasteiger partial charge on any atom is -0.0178 e. The summed E-state index contributed by atoms with van der Waals surface area (Å²) in [6.45, 7) is 0. The Bertz CT molecular complexity index is 692. The molecule has 0 radical (unpaired) electrons. The van der Waals surface area contributed by atoms with E-state index >= 15 is 0 Å². The van der Waals surface area contributed by atoms with Gasteiger partial charge in [-0.3, -0.25) is 0 Å². The SMILES string of the molecule is C(=C1C2CC3CC(C2)CC1C3)c1ccc2ccccc2c1. The van der Waals surface area contributed by atoms with Crippen LogP contribution in [0.4, 0.5) is 0 Å². The molecular formula is C21H22. The minimum absolute atomic E-state index is 0.910. The highest BCUT2D eigenvalue weighted by Crippen LogP contribution is 2.56. The number of benzene rings is 2. The van der Waals surface area contributed by atoms with E-state index in [-0.39, 0.29) is 0 Å². The molecule has 0 amide bonds. The van der Waals surface area contributed by atoms with Crippen LogP contribution < -0.4 is 0 Å². The van der Waals surface area contributed by atoms with E-state index in [2.05, 4.69) is 48.5 Å². The maximum atomic E-state index is 2.54. The first-order valence-corrected chi connectivity index (χ1v) is 8.55. The van der Waals surface area contributed by atoms with Crippen LogP contribution in [0, 0.1) is 23.7 Å². The molecule has 0 heteroatoms. The molecule has 4 aliphatic carbocycles. The van der Waals surface area contributed by atoms with Gasteiger partial charge in [-0.2, -0.15) is 0 Å². The van der Waals surface area contributed by atoms with Crippen LogP contribution in [0.1, 0.15) is 37.7 Å². The van der Waals surface area contributed by atoms with Crippen molar-refractivity contribution in [1.29, 1.82) is 0 Å². The minimum Gasteiger partial charge on any atom is -0.0634 e. The molecule has 106 valence electrons. The third-order valence-electron chi connectivity index (χ3n) is 6.19. The van der Waals surface area contributed by atoms with Gasteiger partial charge in [-0.1, -0.05) is 48.0 Å². The van der Waals surface area contributed by atoms with Crippen LogP contribution in [-0.4, -0.2) is 0 Å². The molecular weight excluding hydrogens is 252 g/mol. The third-order valence-corrected chi connectivity index (χ3v) is 6.19. The first kappa shape index (κ1) is 12.0. The molecule has 0 aliphatic heterocycles. The van der Waals surface area contributed by atoms with Gasteiger partial charge in [0.05, 0.1) is 0 Å². The van der Waals surface area contributed by atoms with Crippen LogP contribution in [0.25, 0.3) is 16.8 Å². The summed E-state index contributed by atoms with van der Waals surface area (Å²) in [6, 6.07) is 15.6. The zero-order valence-electron chi connectivity index (χ0n) is 12.5. The van der Waals surface area contributed by atoms with Crippen LogP contribution in [0.2, 0.25) is 0 Å². The van der Waals surface area contributed by atoms with E-state index in [0.29, 0.717) is 0 Å². The predicted octanol–water partition coefficient (Wildman–Crippen LogP) is 5.68. The molecule has 0 nitrogen and oxygen atoms in total. The lowest BCUT2D eigenvalue weighted by atomic mass is 9.54. The van der Waals surface area contributed by atoms with Gasteiger partial charge < -0.3 is 0 Å². The normalized spacial score (nSPS) is 33.6. The minimum atomic E-state index is 0.910. The molecule has 4 aliphatic rings. The predicted molar refractivity (Wildman–Crippen MR) is 89.0 cm³/mol. The molecule has 0 aromatic heterocycles. The summed E-state index contributed by atoms with van der Waals surface area (Å²) in [6.07, 6.45) is 9.99. The van der Waals surface area contributed by atoms with Gasteiger partial charge in [-0.25, -0.2) is 0 Å². The molecule has 2 aromatic carbocycles. The lowest BCUT2D eigenvalue weighted by Gasteiger charge is -2.51. The summed E-state index contributed by atoms with van der Waals surface area (Å²) in [5.74, 6) is 3.93. The fourth-order valence-corrected chi connectivity index (χ4v) is 5.45. The van der Waals surface area contributed by atoms with Crippen LogP contribution >= 0.6 is 0 Å². The zero-order chi connectivity index (χ0) is 13.8. The second-order valence-corrected chi connectivity index (χ2v) is 7.56. The topological polar surface area (TPSA) is 0 Å². The molecule has 0 saturated heterocycles. The molecule has 4 saturated carbocycles. The van der Waals surface area contributed by atoms with Crippen LogP contribution in [-0.2, 0) is 0 Å². The Labute approximate surface area is 126 Å². The van der Waals surface area contributed by atoms with Crippen molar-refractivity contribution >= 4 is 16.8 Å². The lowest BCUT2D eigenvalue weighted by molar-refractivity contribution is 0.0710. The number of hydrogen-bond donors (Lipinski definition) is 0. The average molecular weight is 274 g/mol. The van der Waals surface area contributed by atoms with Crippen molar-refractivity contribution in [3.05, 3.63) is 53.6 Å². The monoisotopic (exact) mass is 274 g/mol. The zero-order valence-corrected chi connectivity index (χ0v) is 12.5. The van der Waals surface area contributed by atoms with E-state index < -0.39 is 0 Å². The Balaban J connectivity index is 1.54. The third kappa shape index (κ3) is 1.96. The number of rotatable bonds is 1. The van der Waals surface area contributed by atoms with Crippen molar-refractivity contribution in [2.45, 2.75) is 32.1 Å². The Morgan fingerprint density at radius 3 is 2.10 bits per heavy atom. The maximum absolute atomic E-state index is 2.54. The smallest absolute Gasteiger partial charge is 0.0178 e. The fraction of sp³-hybridized carbons (Fsp3) is 0.429. The van der Waals surface area contributed by atoms with Gasteiger partial charge in [0, 0.05) is 0 Å². The van der Waals surface area contributed by atoms with Crippen molar-refractivity contribution in [2.24, 2.45) is 23.7 Å². The average Bonchev–Trinajstić information content (AvgIpc) is 2.50. The molecule has 0 spiro atoms. The number of hydrogen-bond acceptors (Lipinski definition) is 0. The first-order chi connectivity index (χ1) is 10.3. The number of allylic oxidation sites excluding steroid dienone is 1. The van der Waals surface area contributed by atoms with Crippen molar-refractivity contribution in [1.82, 2.24) is 0 Å². The fourth-order valence-electron chi connectivity index (χ4n) is 5.45. The highest BCUT2D eigenvalue weighted by atomic mass is 14.5. The van der Waals surface area contributed by atoms with Crippen molar-refractivity contribution in [3.63, 3.8) is 0 Å². The molecule has 21 heavy (non-hydrogen) atoms. The van der Waals surface area contributed by atoms with Crippen LogP contribution in [0.15, 0.2) is 48.0 Å². The second-order valence-electron chi connectivity index (χ2n) is 7.56. The largest absolute Gasteiger partial charge is 0.0634 e. The van der Waals surface area contributed by atoms with Gasteiger partial charge in [0.25, 0.3) is 0 Å². The van der Waals surface area contributed by atoms with Crippen molar-refractivity contribution < 1.29 is 0 Å². The standard InChI is InChI=1S/C21H22/c1-2-4-18-8-14(5-6-17(18)3-1)13-21-19-9-15-7-16(11-19)12-20(21)10-15/h1-6,8,13,15-16,19-20H,7,9-12H2. The summed E-state index contributed by atoms with van der Waals surface area (Å²) >= 11 is 0. The molecule has 0 atom stereocenters. The van der Waals surface area contributed by atoms with Gasteiger partial charge in [-0.15, -0.1) is 0 Å². The van der Waals surface area contributed by atoms with Crippen molar-refractivity contribution in [3.8, 4) is 0 Å². The molecule has 0 heterocycles. The van der Waals surface area contributed by atoms with E-state index in [4.69, 9.17) is 0 Å². The van der Waals surface area contributed by atoms with Gasteiger partial charge in [0.1, 0.15) is 0 Å². The Kier molecular flexibility index (Phi) is 2.56. The van der Waals surface area contributed by atoms with Crippen LogP contribution in [0.3, 0.4) is 0 Å². The quantitative estimate of drug-likeness (QED) is 0.627. The first-order valence-electron chi connectivity index (χ1n) is 8.55. The molecule has 0 unspecified atom stereocenters. The Hall–Kier alpha value is -1.56. The summed E-state index contributed by atoms with van der Waals surface area (Å²) in [5, 5.41) is 2.72. The molecule has 2 aromatic rings. The van der Waals surface area contributed by atoms with E-state index in [1.54, 1.807) is 5.57 Å². The van der Waals surface area contributed by atoms with Crippen LogP contribution in [0.5, 0.6) is 0 Å². The van der Waals surface area contributed by atoms with E-state index in [1.165, 1.54) is 48.4 Å². The number of fused-ring (bicyclic) bond motifs is 1. The summed E-state index contributed by atoms with van der Waals surface area (Å²) in [4.78, 5) is 0.